The number of benzene rings is 2. The van der Waals surface area contributed by atoms with Crippen LogP contribution in [0.4, 0.5) is 17.6 Å². The van der Waals surface area contributed by atoms with Crippen LogP contribution in [0, 0.1) is 0 Å². The standard InChI is InChI=1S/C14H8Cl2F4O2S/c15-13(17,18)9-1-5-11(6-2-9)23(21,22)12-7-3-10(4-8-12)14(16,19)20/h1-8H. The molecular weight excluding hydrogens is 379 g/mol. The number of sulfone groups is 1. The molecule has 0 heterocycles. The maximum absolute atomic E-state index is 12.9. The van der Waals surface area contributed by atoms with Crippen molar-refractivity contribution in [1.82, 2.24) is 0 Å². The van der Waals surface area contributed by atoms with Crippen LogP contribution in [0.2, 0.25) is 0 Å². The molecule has 0 aliphatic heterocycles. The molecule has 0 amide bonds. The minimum Gasteiger partial charge on any atom is -0.219 e. The second-order valence-electron chi connectivity index (χ2n) is 4.55. The average Bonchev–Trinajstić information content (AvgIpc) is 2.46. The first kappa shape index (κ1) is 18.0. The van der Waals surface area contributed by atoms with Crippen LogP contribution in [0.25, 0.3) is 0 Å². The second-order valence-corrected chi connectivity index (χ2v) is 7.45. The topological polar surface area (TPSA) is 34.1 Å². The van der Waals surface area contributed by atoms with Crippen molar-refractivity contribution in [3.05, 3.63) is 59.7 Å². The summed E-state index contributed by atoms with van der Waals surface area (Å²) in [5.41, 5.74) is -1.12. The molecule has 2 nitrogen and oxygen atoms in total. The SMILES string of the molecule is O=S(=O)(c1ccc(C(F)(F)Cl)cc1)c1ccc(C(F)(F)Cl)cc1. The Hall–Kier alpha value is -1.31. The quantitative estimate of drug-likeness (QED) is 0.541. The van der Waals surface area contributed by atoms with Gasteiger partial charge in [-0.1, -0.05) is 24.3 Å². The van der Waals surface area contributed by atoms with Gasteiger partial charge in [-0.05, 0) is 47.5 Å². The molecule has 0 radical (unpaired) electrons. The Kier molecular flexibility index (Phi) is 4.67. The molecule has 2 aromatic rings. The van der Waals surface area contributed by atoms with Crippen molar-refractivity contribution in [3.8, 4) is 0 Å². The van der Waals surface area contributed by atoms with Gasteiger partial charge in [0, 0.05) is 11.1 Å². The minimum atomic E-state index is -4.04. The third-order valence-electron chi connectivity index (χ3n) is 2.98. The van der Waals surface area contributed by atoms with Crippen molar-refractivity contribution < 1.29 is 26.0 Å². The van der Waals surface area contributed by atoms with E-state index in [-0.39, 0.29) is 9.79 Å². The van der Waals surface area contributed by atoms with E-state index in [9.17, 15) is 26.0 Å². The molecule has 0 saturated heterocycles. The van der Waals surface area contributed by atoms with Crippen LogP contribution in [0.5, 0.6) is 0 Å². The maximum Gasteiger partial charge on any atom is 0.348 e. The number of alkyl halides is 6. The molecule has 124 valence electrons. The Bertz CT molecular complexity index is 729. The summed E-state index contributed by atoms with van der Waals surface area (Å²) in [5.74, 6) is 0. The van der Waals surface area contributed by atoms with Crippen molar-refractivity contribution in [1.29, 1.82) is 0 Å². The van der Waals surface area contributed by atoms with Crippen LogP contribution < -0.4 is 0 Å². The molecule has 2 aromatic carbocycles. The zero-order valence-electron chi connectivity index (χ0n) is 11.1. The van der Waals surface area contributed by atoms with Crippen molar-refractivity contribution in [3.63, 3.8) is 0 Å². The fourth-order valence-corrected chi connectivity index (χ4v) is 3.30. The van der Waals surface area contributed by atoms with E-state index in [1.807, 2.05) is 0 Å². The van der Waals surface area contributed by atoms with Gasteiger partial charge in [-0.25, -0.2) is 8.42 Å². The summed E-state index contributed by atoms with van der Waals surface area (Å²) in [5, 5.41) is -7.23. The van der Waals surface area contributed by atoms with Gasteiger partial charge >= 0.3 is 10.8 Å². The summed E-state index contributed by atoms with van der Waals surface area (Å²) in [4.78, 5) is -0.542. The molecule has 0 bridgehead atoms. The smallest absolute Gasteiger partial charge is 0.219 e. The monoisotopic (exact) mass is 386 g/mol. The average molecular weight is 387 g/mol. The number of hydrogen-bond acceptors (Lipinski definition) is 2. The predicted octanol–water partition coefficient (Wildman–Crippen LogP) is 5.10. The number of hydrogen-bond donors (Lipinski definition) is 0. The fourth-order valence-electron chi connectivity index (χ4n) is 1.78. The van der Waals surface area contributed by atoms with Crippen molar-refractivity contribution in [2.45, 2.75) is 20.6 Å². The van der Waals surface area contributed by atoms with E-state index in [2.05, 4.69) is 0 Å². The van der Waals surface area contributed by atoms with Gasteiger partial charge < -0.3 is 0 Å². The molecule has 0 fully saturated rings. The third-order valence-corrected chi connectivity index (χ3v) is 5.21. The first-order valence-electron chi connectivity index (χ1n) is 6.02. The van der Waals surface area contributed by atoms with Crippen molar-refractivity contribution >= 4 is 33.0 Å². The molecule has 0 aliphatic rings. The number of halogens is 6. The summed E-state index contributed by atoms with van der Waals surface area (Å²) in [7, 11) is -4.04. The molecule has 0 saturated carbocycles. The Morgan fingerprint density at radius 3 is 1.13 bits per heavy atom. The van der Waals surface area contributed by atoms with E-state index < -0.39 is 31.7 Å². The maximum atomic E-state index is 12.9. The summed E-state index contributed by atoms with van der Waals surface area (Å²) < 4.78 is 76.2. The van der Waals surface area contributed by atoms with Crippen LogP contribution >= 0.6 is 23.2 Å². The molecule has 9 heteroatoms. The lowest BCUT2D eigenvalue weighted by Crippen LogP contribution is -2.07. The Labute approximate surface area is 139 Å². The van der Waals surface area contributed by atoms with Gasteiger partial charge in [-0.2, -0.15) is 17.6 Å². The second kappa shape index (κ2) is 5.96. The van der Waals surface area contributed by atoms with Crippen LogP contribution in [0.1, 0.15) is 11.1 Å². The lowest BCUT2D eigenvalue weighted by atomic mass is 10.2. The molecule has 0 aliphatic carbocycles. The summed E-state index contributed by atoms with van der Waals surface area (Å²) >= 11 is 9.67. The minimum absolute atomic E-state index is 0.271. The molecule has 0 spiro atoms. The van der Waals surface area contributed by atoms with E-state index in [4.69, 9.17) is 23.2 Å². The zero-order valence-corrected chi connectivity index (χ0v) is 13.4. The van der Waals surface area contributed by atoms with Crippen LogP contribution in [0.3, 0.4) is 0 Å². The van der Waals surface area contributed by atoms with E-state index >= 15 is 0 Å². The highest BCUT2D eigenvalue weighted by Gasteiger charge is 2.30. The third kappa shape index (κ3) is 3.97. The van der Waals surface area contributed by atoms with E-state index in [0.717, 1.165) is 48.5 Å². The molecule has 2 rings (SSSR count). The Balaban J connectivity index is 2.39. The van der Waals surface area contributed by atoms with Crippen molar-refractivity contribution in [2.24, 2.45) is 0 Å². The lowest BCUT2D eigenvalue weighted by molar-refractivity contribution is 0.0945. The lowest BCUT2D eigenvalue weighted by Gasteiger charge is -2.11. The molecule has 0 unspecified atom stereocenters. The van der Waals surface area contributed by atoms with Crippen LogP contribution in [-0.4, -0.2) is 8.42 Å². The zero-order chi connectivity index (χ0) is 17.5. The van der Waals surface area contributed by atoms with Gasteiger partial charge in [0.1, 0.15) is 0 Å². The highest BCUT2D eigenvalue weighted by Crippen LogP contribution is 2.35. The molecule has 0 atom stereocenters. The first-order valence-corrected chi connectivity index (χ1v) is 8.26. The summed E-state index contributed by atoms with van der Waals surface area (Å²) in [6, 6.07) is 7.36. The first-order chi connectivity index (χ1) is 10.4. The summed E-state index contributed by atoms with van der Waals surface area (Å²) in [6.45, 7) is 0. The molecule has 23 heavy (non-hydrogen) atoms. The van der Waals surface area contributed by atoms with Crippen LogP contribution in [-0.2, 0) is 20.6 Å². The van der Waals surface area contributed by atoms with Gasteiger partial charge in [-0.3, -0.25) is 0 Å². The highest BCUT2D eigenvalue weighted by atomic mass is 35.5. The largest absolute Gasteiger partial charge is 0.348 e. The molecular formula is C14H8Cl2F4O2S. The van der Waals surface area contributed by atoms with E-state index in [1.54, 1.807) is 0 Å². The predicted molar refractivity (Wildman–Crippen MR) is 77.8 cm³/mol. The van der Waals surface area contributed by atoms with Gasteiger partial charge in [0.2, 0.25) is 9.84 Å². The molecule has 0 aromatic heterocycles. The molecule has 0 N–H and O–H groups in total. The number of rotatable bonds is 4. The fraction of sp³-hybridized carbons (Fsp3) is 0.143. The van der Waals surface area contributed by atoms with E-state index in [1.165, 1.54) is 0 Å². The van der Waals surface area contributed by atoms with Crippen molar-refractivity contribution in [2.75, 3.05) is 0 Å². The normalized spacial score (nSPS) is 13.1. The summed E-state index contributed by atoms with van der Waals surface area (Å²) in [6.07, 6.45) is 0. The Morgan fingerprint density at radius 2 is 0.913 bits per heavy atom. The van der Waals surface area contributed by atoms with Gasteiger partial charge in [0.05, 0.1) is 9.79 Å². The van der Waals surface area contributed by atoms with Gasteiger partial charge in [0.25, 0.3) is 0 Å². The van der Waals surface area contributed by atoms with Gasteiger partial charge in [-0.15, -0.1) is 0 Å². The Morgan fingerprint density at radius 1 is 0.652 bits per heavy atom. The highest BCUT2D eigenvalue weighted by molar-refractivity contribution is 7.91. The van der Waals surface area contributed by atoms with E-state index in [0.29, 0.717) is 0 Å². The van der Waals surface area contributed by atoms with Crippen LogP contribution in [0.15, 0.2) is 58.3 Å². The van der Waals surface area contributed by atoms with Gasteiger partial charge in [0.15, 0.2) is 0 Å².